The lowest BCUT2D eigenvalue weighted by atomic mass is 10.2. The molecule has 0 bridgehead atoms. The Bertz CT molecular complexity index is 1000. The predicted octanol–water partition coefficient (Wildman–Crippen LogP) is 3.12. The van der Waals surface area contributed by atoms with Gasteiger partial charge in [-0.3, -0.25) is 14.4 Å². The van der Waals surface area contributed by atoms with Crippen molar-refractivity contribution in [2.75, 3.05) is 31.6 Å². The number of carbonyl (C=O) groups is 1. The molecule has 0 unspecified atom stereocenters. The molecule has 4 rings (SSSR count). The van der Waals surface area contributed by atoms with Crippen LogP contribution in [-0.2, 0) is 11.3 Å². The predicted molar refractivity (Wildman–Crippen MR) is 112 cm³/mol. The van der Waals surface area contributed by atoms with Crippen LogP contribution in [0.15, 0.2) is 24.4 Å². The van der Waals surface area contributed by atoms with E-state index in [9.17, 15) is 4.79 Å². The molecule has 1 aliphatic heterocycles. The van der Waals surface area contributed by atoms with Gasteiger partial charge < -0.3 is 15.0 Å². The lowest BCUT2D eigenvalue weighted by Gasteiger charge is -2.25. The molecule has 0 radical (unpaired) electrons. The Labute approximate surface area is 170 Å². The molecule has 1 aliphatic rings. The van der Waals surface area contributed by atoms with Crippen molar-refractivity contribution >= 4 is 22.6 Å². The van der Waals surface area contributed by atoms with Crippen molar-refractivity contribution in [2.45, 2.75) is 39.8 Å². The van der Waals surface area contributed by atoms with Crippen molar-refractivity contribution < 1.29 is 9.53 Å². The van der Waals surface area contributed by atoms with E-state index in [1.54, 1.807) is 6.20 Å². The van der Waals surface area contributed by atoms with Crippen molar-refractivity contribution in [1.29, 1.82) is 0 Å². The maximum atomic E-state index is 12.8. The molecule has 0 aliphatic carbocycles. The molecule has 2 N–H and O–H groups in total. The molecule has 3 aromatic rings. The van der Waals surface area contributed by atoms with E-state index in [1.165, 1.54) is 0 Å². The van der Waals surface area contributed by atoms with Crippen LogP contribution in [0.4, 0.5) is 5.69 Å². The van der Waals surface area contributed by atoms with E-state index < -0.39 is 0 Å². The Kier molecular flexibility index (Phi) is 5.64. The number of rotatable bonds is 6. The van der Waals surface area contributed by atoms with Gasteiger partial charge in [-0.1, -0.05) is 6.92 Å². The fourth-order valence-electron chi connectivity index (χ4n) is 3.65. The van der Waals surface area contributed by atoms with E-state index in [0.717, 1.165) is 67.5 Å². The molecule has 1 atom stereocenters. The van der Waals surface area contributed by atoms with Crippen molar-refractivity contribution in [3.8, 4) is 0 Å². The lowest BCUT2D eigenvalue weighted by molar-refractivity contribution is 0.0332. The molecule has 2 aromatic heterocycles. The molecule has 1 fully saturated rings. The van der Waals surface area contributed by atoms with Gasteiger partial charge in [0.05, 0.1) is 42.6 Å². The number of morpholine rings is 1. The summed E-state index contributed by atoms with van der Waals surface area (Å²) in [7, 11) is 0. The highest BCUT2D eigenvalue weighted by Gasteiger charge is 2.17. The zero-order valence-corrected chi connectivity index (χ0v) is 17.2. The van der Waals surface area contributed by atoms with E-state index in [1.807, 2.05) is 29.8 Å². The first-order valence-electron chi connectivity index (χ1n) is 10.2. The molecule has 1 amide bonds. The first kappa shape index (κ1) is 19.6. The quantitative estimate of drug-likeness (QED) is 0.668. The molecule has 8 heteroatoms. The summed E-state index contributed by atoms with van der Waals surface area (Å²) in [6.07, 6.45) is 2.61. The highest BCUT2D eigenvalue weighted by molar-refractivity contribution is 6.05. The Hall–Kier alpha value is -2.71. The molecule has 3 heterocycles. The standard InChI is InChI=1S/C21H28N6O2/c1-4-14(2)27-15(3)17(12-22-27)21(28)23-16-5-6-18-19(11-16)25-20(24-18)13-26-7-9-29-10-8-26/h5-6,11-12,14H,4,7-10,13H2,1-3H3,(H,23,28)(H,24,25)/t14-/m0/s1. The fraction of sp³-hybridized carbons (Fsp3) is 0.476. The van der Waals surface area contributed by atoms with Gasteiger partial charge in [-0.15, -0.1) is 0 Å². The summed E-state index contributed by atoms with van der Waals surface area (Å²) in [5.74, 6) is 0.778. The summed E-state index contributed by atoms with van der Waals surface area (Å²) >= 11 is 0. The minimum Gasteiger partial charge on any atom is -0.379 e. The molecule has 8 nitrogen and oxygen atoms in total. The maximum absolute atomic E-state index is 12.8. The van der Waals surface area contributed by atoms with Gasteiger partial charge in [-0.25, -0.2) is 4.98 Å². The van der Waals surface area contributed by atoms with Gasteiger partial charge in [0.25, 0.3) is 5.91 Å². The number of aromatic nitrogens is 4. The van der Waals surface area contributed by atoms with Crippen LogP contribution in [-0.4, -0.2) is 56.9 Å². The van der Waals surface area contributed by atoms with Crippen molar-refractivity contribution in [3.05, 3.63) is 41.5 Å². The van der Waals surface area contributed by atoms with E-state index in [-0.39, 0.29) is 11.9 Å². The van der Waals surface area contributed by atoms with Gasteiger partial charge in [-0.2, -0.15) is 5.10 Å². The third-order valence-corrected chi connectivity index (χ3v) is 5.56. The molecular weight excluding hydrogens is 368 g/mol. The number of H-pyrrole nitrogens is 1. The van der Waals surface area contributed by atoms with Crippen LogP contribution in [0.5, 0.6) is 0 Å². The SMILES string of the molecule is CC[C@H](C)n1ncc(C(=O)Nc2ccc3nc(CN4CCOCC4)[nH]c3c2)c1C. The number of hydrogen-bond donors (Lipinski definition) is 2. The van der Waals surface area contributed by atoms with Gasteiger partial charge in [0.2, 0.25) is 0 Å². The number of fused-ring (bicyclic) bond motifs is 1. The van der Waals surface area contributed by atoms with E-state index in [0.29, 0.717) is 5.56 Å². The number of hydrogen-bond acceptors (Lipinski definition) is 5. The molecule has 1 aromatic carbocycles. The molecule has 1 saturated heterocycles. The first-order chi connectivity index (χ1) is 14.0. The Morgan fingerprint density at radius 1 is 1.34 bits per heavy atom. The van der Waals surface area contributed by atoms with E-state index in [2.05, 4.69) is 39.1 Å². The third-order valence-electron chi connectivity index (χ3n) is 5.56. The summed E-state index contributed by atoms with van der Waals surface area (Å²) in [5.41, 5.74) is 4.03. The summed E-state index contributed by atoms with van der Waals surface area (Å²) in [4.78, 5) is 23.1. The van der Waals surface area contributed by atoms with Crippen molar-refractivity contribution in [1.82, 2.24) is 24.6 Å². The van der Waals surface area contributed by atoms with Gasteiger partial charge in [-0.05, 0) is 38.5 Å². The Balaban J connectivity index is 1.48. The second kappa shape index (κ2) is 8.34. The third kappa shape index (κ3) is 4.18. The summed E-state index contributed by atoms with van der Waals surface area (Å²) in [6.45, 7) is 10.3. The molecular formula is C21H28N6O2. The minimum absolute atomic E-state index is 0.149. The Morgan fingerprint density at radius 3 is 2.90 bits per heavy atom. The summed E-state index contributed by atoms with van der Waals surface area (Å²) in [5, 5.41) is 7.37. The number of aromatic amines is 1. The second-order valence-corrected chi connectivity index (χ2v) is 7.60. The van der Waals surface area contributed by atoms with Gasteiger partial charge >= 0.3 is 0 Å². The average molecular weight is 396 g/mol. The van der Waals surface area contributed by atoms with Gasteiger partial charge in [0.15, 0.2) is 0 Å². The number of amides is 1. The number of carbonyl (C=O) groups excluding carboxylic acids is 1. The van der Waals surface area contributed by atoms with E-state index in [4.69, 9.17) is 4.74 Å². The minimum atomic E-state index is -0.149. The van der Waals surface area contributed by atoms with Crippen LogP contribution >= 0.6 is 0 Å². The van der Waals surface area contributed by atoms with Gasteiger partial charge in [0.1, 0.15) is 5.82 Å². The summed E-state index contributed by atoms with van der Waals surface area (Å²) in [6, 6.07) is 6.01. The smallest absolute Gasteiger partial charge is 0.259 e. The normalized spacial score (nSPS) is 16.2. The molecule has 29 heavy (non-hydrogen) atoms. The van der Waals surface area contributed by atoms with Crippen molar-refractivity contribution in [2.24, 2.45) is 0 Å². The number of benzene rings is 1. The van der Waals surface area contributed by atoms with Gasteiger partial charge in [0, 0.05) is 30.5 Å². The van der Waals surface area contributed by atoms with Crippen LogP contribution in [0.25, 0.3) is 11.0 Å². The van der Waals surface area contributed by atoms with Crippen LogP contribution < -0.4 is 5.32 Å². The van der Waals surface area contributed by atoms with Crippen molar-refractivity contribution in [3.63, 3.8) is 0 Å². The van der Waals surface area contributed by atoms with Crippen LogP contribution in [0.3, 0.4) is 0 Å². The highest BCUT2D eigenvalue weighted by Crippen LogP contribution is 2.21. The number of nitrogens with zero attached hydrogens (tertiary/aromatic N) is 4. The summed E-state index contributed by atoms with van der Waals surface area (Å²) < 4.78 is 7.30. The number of imidazole rings is 1. The topological polar surface area (TPSA) is 88.1 Å². The zero-order chi connectivity index (χ0) is 20.4. The molecule has 0 saturated carbocycles. The maximum Gasteiger partial charge on any atom is 0.259 e. The zero-order valence-electron chi connectivity index (χ0n) is 17.2. The monoisotopic (exact) mass is 396 g/mol. The largest absolute Gasteiger partial charge is 0.379 e. The van der Waals surface area contributed by atoms with Crippen LogP contribution in [0, 0.1) is 6.92 Å². The van der Waals surface area contributed by atoms with E-state index >= 15 is 0 Å². The number of nitrogens with one attached hydrogen (secondary N) is 2. The highest BCUT2D eigenvalue weighted by atomic mass is 16.5. The molecule has 0 spiro atoms. The first-order valence-corrected chi connectivity index (χ1v) is 10.2. The average Bonchev–Trinajstić information content (AvgIpc) is 3.30. The Morgan fingerprint density at radius 2 is 2.14 bits per heavy atom. The number of anilines is 1. The van der Waals surface area contributed by atoms with Crippen LogP contribution in [0.2, 0.25) is 0 Å². The van der Waals surface area contributed by atoms with Crippen LogP contribution in [0.1, 0.15) is 48.2 Å². The fourth-order valence-corrected chi connectivity index (χ4v) is 3.65. The molecule has 154 valence electrons. The number of ether oxygens (including phenoxy) is 1. The second-order valence-electron chi connectivity index (χ2n) is 7.60. The lowest BCUT2D eigenvalue weighted by Crippen LogP contribution is -2.35.